The Morgan fingerprint density at radius 2 is 1.62 bits per heavy atom. The molecule has 2 N–H and O–H groups in total. The fraction of sp³-hybridized carbons (Fsp3) is 0.100. The minimum absolute atomic E-state index is 0.0422. The average molecular weight is 347 g/mol. The van der Waals surface area contributed by atoms with Gasteiger partial charge in [0.05, 0.1) is 5.71 Å². The summed E-state index contributed by atoms with van der Waals surface area (Å²) in [5.41, 5.74) is 5.88. The molecule has 6 heteroatoms. The van der Waals surface area contributed by atoms with Crippen LogP contribution in [0.2, 0.25) is 0 Å². The summed E-state index contributed by atoms with van der Waals surface area (Å²) < 4.78 is 0. The molecule has 0 unspecified atom stereocenters. The molecule has 2 amide bonds. The Morgan fingerprint density at radius 1 is 0.962 bits per heavy atom. The van der Waals surface area contributed by atoms with Crippen LogP contribution >= 0.6 is 0 Å². The summed E-state index contributed by atoms with van der Waals surface area (Å²) in [6, 6.07) is 13.6. The maximum atomic E-state index is 12.3. The molecule has 1 aliphatic rings. The van der Waals surface area contributed by atoms with Crippen molar-refractivity contribution in [2.45, 2.75) is 13.8 Å². The van der Waals surface area contributed by atoms with Gasteiger partial charge in [-0.05, 0) is 42.8 Å². The van der Waals surface area contributed by atoms with E-state index in [0.29, 0.717) is 33.7 Å². The van der Waals surface area contributed by atoms with Gasteiger partial charge in [-0.2, -0.15) is 5.10 Å². The Morgan fingerprint density at radius 3 is 2.27 bits per heavy atom. The summed E-state index contributed by atoms with van der Waals surface area (Å²) in [4.78, 5) is 35.5. The van der Waals surface area contributed by atoms with Gasteiger partial charge in [-0.1, -0.05) is 24.3 Å². The number of ketones is 1. The third kappa shape index (κ3) is 3.59. The summed E-state index contributed by atoms with van der Waals surface area (Å²) in [6.07, 6.45) is 1.66. The van der Waals surface area contributed by atoms with Crippen molar-refractivity contribution in [3.8, 4) is 0 Å². The maximum absolute atomic E-state index is 12.3. The van der Waals surface area contributed by atoms with E-state index in [2.05, 4.69) is 15.8 Å². The topological polar surface area (TPSA) is 87.6 Å². The minimum atomic E-state index is -0.382. The van der Waals surface area contributed by atoms with Gasteiger partial charge in [0.1, 0.15) is 0 Å². The molecule has 6 nitrogen and oxygen atoms in total. The van der Waals surface area contributed by atoms with Gasteiger partial charge in [0.2, 0.25) is 5.91 Å². The average Bonchev–Trinajstić information content (AvgIpc) is 2.63. The maximum Gasteiger partial charge on any atom is 0.271 e. The Labute approximate surface area is 150 Å². The predicted octanol–water partition coefficient (Wildman–Crippen LogP) is 2.92. The summed E-state index contributed by atoms with van der Waals surface area (Å²) in [5.74, 6) is -0.604. The van der Waals surface area contributed by atoms with Crippen LogP contribution in [0.1, 0.15) is 40.1 Å². The van der Waals surface area contributed by atoms with E-state index in [1.165, 1.54) is 6.92 Å². The number of hydrogen-bond acceptors (Lipinski definition) is 4. The molecule has 0 saturated heterocycles. The van der Waals surface area contributed by atoms with E-state index in [0.717, 1.165) is 0 Å². The van der Waals surface area contributed by atoms with E-state index >= 15 is 0 Å². The van der Waals surface area contributed by atoms with Gasteiger partial charge in [0.25, 0.3) is 5.91 Å². The van der Waals surface area contributed by atoms with Gasteiger partial charge in [-0.3, -0.25) is 14.4 Å². The van der Waals surface area contributed by atoms with Gasteiger partial charge in [-0.25, -0.2) is 5.43 Å². The van der Waals surface area contributed by atoms with Crippen molar-refractivity contribution in [1.82, 2.24) is 5.43 Å². The number of nitrogens with one attached hydrogen (secondary N) is 2. The monoisotopic (exact) mass is 347 g/mol. The molecule has 1 aliphatic carbocycles. The van der Waals surface area contributed by atoms with Gasteiger partial charge in [0.15, 0.2) is 5.78 Å². The quantitative estimate of drug-likeness (QED) is 0.837. The van der Waals surface area contributed by atoms with Crippen molar-refractivity contribution in [3.05, 3.63) is 76.9 Å². The van der Waals surface area contributed by atoms with E-state index in [4.69, 9.17) is 0 Å². The number of benzene rings is 2. The number of allylic oxidation sites excluding steroid dienone is 2. The number of nitrogens with zero attached hydrogens (tertiary/aromatic N) is 1. The van der Waals surface area contributed by atoms with Crippen LogP contribution in [0, 0.1) is 0 Å². The Bertz CT molecular complexity index is 957. The molecule has 3 rings (SSSR count). The van der Waals surface area contributed by atoms with E-state index in [9.17, 15) is 14.4 Å². The molecule has 0 radical (unpaired) electrons. The van der Waals surface area contributed by atoms with E-state index in [1.807, 2.05) is 6.07 Å². The lowest BCUT2D eigenvalue weighted by atomic mass is 9.90. The van der Waals surface area contributed by atoms with Crippen molar-refractivity contribution in [2.24, 2.45) is 5.10 Å². The molecule has 0 heterocycles. The Balaban J connectivity index is 1.80. The molecule has 0 atom stereocenters. The molecule has 2 aromatic rings. The second-order valence-corrected chi connectivity index (χ2v) is 5.90. The van der Waals surface area contributed by atoms with Crippen LogP contribution in [-0.2, 0) is 4.79 Å². The van der Waals surface area contributed by atoms with Crippen molar-refractivity contribution >= 4 is 29.0 Å². The molecule has 0 aliphatic heterocycles. The van der Waals surface area contributed by atoms with Crippen molar-refractivity contribution in [2.75, 3.05) is 5.32 Å². The van der Waals surface area contributed by atoms with Gasteiger partial charge in [0, 0.05) is 29.3 Å². The number of Topliss-reactive ketones (excluding diaryl/α,β-unsaturated/α-hetero) is 1. The highest BCUT2D eigenvalue weighted by Gasteiger charge is 2.21. The lowest BCUT2D eigenvalue weighted by Crippen LogP contribution is -2.22. The lowest BCUT2D eigenvalue weighted by Gasteiger charge is -2.15. The summed E-state index contributed by atoms with van der Waals surface area (Å²) in [7, 11) is 0. The lowest BCUT2D eigenvalue weighted by molar-refractivity contribution is -0.114. The van der Waals surface area contributed by atoms with E-state index in [1.54, 1.807) is 55.5 Å². The summed E-state index contributed by atoms with van der Waals surface area (Å²) >= 11 is 0. The van der Waals surface area contributed by atoms with Crippen LogP contribution in [0.5, 0.6) is 0 Å². The molecular formula is C20H17N3O3. The minimum Gasteiger partial charge on any atom is -0.326 e. The zero-order chi connectivity index (χ0) is 18.7. The number of hydrazone groups is 1. The predicted molar refractivity (Wildman–Crippen MR) is 99.3 cm³/mol. The van der Waals surface area contributed by atoms with Gasteiger partial charge < -0.3 is 5.32 Å². The molecule has 0 spiro atoms. The van der Waals surface area contributed by atoms with Crippen LogP contribution < -0.4 is 10.7 Å². The fourth-order valence-electron chi connectivity index (χ4n) is 2.64. The second kappa shape index (κ2) is 7.14. The first-order chi connectivity index (χ1) is 12.5. The number of amides is 2. The molecular weight excluding hydrogens is 330 g/mol. The number of carbonyl (C=O) groups excluding carboxylic acids is 3. The van der Waals surface area contributed by atoms with Crippen molar-refractivity contribution in [3.63, 3.8) is 0 Å². The Hall–Kier alpha value is -3.54. The third-order valence-corrected chi connectivity index (χ3v) is 3.90. The van der Waals surface area contributed by atoms with Crippen LogP contribution in [0.15, 0.2) is 65.3 Å². The molecule has 26 heavy (non-hydrogen) atoms. The molecule has 0 fully saturated rings. The van der Waals surface area contributed by atoms with Crippen molar-refractivity contribution < 1.29 is 14.4 Å². The number of rotatable bonds is 3. The first kappa shape index (κ1) is 17.3. The zero-order valence-corrected chi connectivity index (χ0v) is 14.4. The first-order valence-electron chi connectivity index (χ1n) is 8.04. The van der Waals surface area contributed by atoms with Crippen LogP contribution in [0.4, 0.5) is 5.69 Å². The van der Waals surface area contributed by atoms with E-state index < -0.39 is 0 Å². The number of anilines is 1. The van der Waals surface area contributed by atoms with Gasteiger partial charge in [-0.15, -0.1) is 0 Å². The highest BCUT2D eigenvalue weighted by atomic mass is 16.2. The SMILES string of the molecule is CC(=O)Nc1ccc(C(=O)N/N=C2\C=C(C)C(=O)c3ccccc32)cc1. The van der Waals surface area contributed by atoms with Crippen LogP contribution in [0.3, 0.4) is 0 Å². The largest absolute Gasteiger partial charge is 0.326 e. The van der Waals surface area contributed by atoms with Crippen LogP contribution in [0.25, 0.3) is 0 Å². The normalized spacial score (nSPS) is 14.5. The number of carbonyl (C=O) groups is 3. The second-order valence-electron chi connectivity index (χ2n) is 5.90. The first-order valence-corrected chi connectivity index (χ1v) is 8.04. The molecule has 130 valence electrons. The fourth-order valence-corrected chi connectivity index (χ4v) is 2.64. The summed E-state index contributed by atoms with van der Waals surface area (Å²) in [6.45, 7) is 3.13. The van der Waals surface area contributed by atoms with Gasteiger partial charge >= 0.3 is 0 Å². The highest BCUT2D eigenvalue weighted by Crippen LogP contribution is 2.21. The number of hydrogen-bond donors (Lipinski definition) is 2. The molecule has 0 saturated carbocycles. The van der Waals surface area contributed by atoms with Crippen molar-refractivity contribution in [1.29, 1.82) is 0 Å². The summed E-state index contributed by atoms with van der Waals surface area (Å²) in [5, 5.41) is 6.81. The zero-order valence-electron chi connectivity index (χ0n) is 14.4. The molecule has 0 bridgehead atoms. The Kier molecular flexibility index (Phi) is 4.75. The van der Waals surface area contributed by atoms with E-state index in [-0.39, 0.29) is 17.6 Å². The molecule has 2 aromatic carbocycles. The third-order valence-electron chi connectivity index (χ3n) is 3.90. The standard InChI is InChI=1S/C20H17N3O3/c1-12-11-18(16-5-3-4-6-17(16)19(12)25)22-23-20(26)14-7-9-15(10-8-14)21-13(2)24/h3-11H,1-2H3,(H,21,24)(H,23,26)/b22-18+. The molecule has 0 aromatic heterocycles. The highest BCUT2D eigenvalue weighted by molar-refractivity contribution is 6.26. The van der Waals surface area contributed by atoms with Crippen LogP contribution in [-0.4, -0.2) is 23.3 Å². The smallest absolute Gasteiger partial charge is 0.271 e. The number of fused-ring (bicyclic) bond motifs is 1.